The van der Waals surface area contributed by atoms with Crippen LogP contribution in [0.25, 0.3) is 0 Å². The van der Waals surface area contributed by atoms with Crippen LogP contribution in [0.2, 0.25) is 0 Å². The minimum absolute atomic E-state index is 0.318. The number of carbonyl (C=O) groups excluding carboxylic acids is 1. The lowest BCUT2D eigenvalue weighted by molar-refractivity contribution is -0.122. The second-order valence-electron chi connectivity index (χ2n) is 3.21. The van der Waals surface area contributed by atoms with Crippen molar-refractivity contribution in [1.82, 2.24) is 4.90 Å². The Morgan fingerprint density at radius 2 is 2.30 bits per heavy atom. The van der Waals surface area contributed by atoms with E-state index in [0.717, 1.165) is 19.5 Å². The highest BCUT2D eigenvalue weighted by Crippen LogP contribution is 2.15. The third-order valence-corrected chi connectivity index (χ3v) is 2.20. The van der Waals surface area contributed by atoms with Crippen molar-refractivity contribution in [2.24, 2.45) is 5.92 Å². The van der Waals surface area contributed by atoms with Gasteiger partial charge in [-0.15, -0.1) is 0 Å². The first-order valence-electron chi connectivity index (χ1n) is 3.89. The van der Waals surface area contributed by atoms with Crippen LogP contribution in [0.15, 0.2) is 0 Å². The van der Waals surface area contributed by atoms with E-state index in [4.69, 9.17) is 0 Å². The van der Waals surface area contributed by atoms with Crippen LogP contribution in [-0.2, 0) is 4.79 Å². The number of carbonyl (C=O) groups is 1. The second kappa shape index (κ2) is 3.15. The zero-order valence-electron chi connectivity index (χ0n) is 6.76. The van der Waals surface area contributed by atoms with E-state index in [1.165, 1.54) is 6.42 Å². The molecule has 1 atom stereocenters. The minimum Gasteiger partial charge on any atom is -0.306 e. The highest BCUT2D eigenvalue weighted by molar-refractivity contribution is 5.78. The Balaban J connectivity index is 2.39. The average molecular weight is 141 g/mol. The summed E-state index contributed by atoms with van der Waals surface area (Å²) in [4.78, 5) is 13.1. The van der Waals surface area contributed by atoms with Gasteiger partial charge < -0.3 is 4.90 Å². The predicted octanol–water partition coefficient (Wildman–Crippen LogP) is 0.917. The van der Waals surface area contributed by atoms with Crippen molar-refractivity contribution in [2.75, 3.05) is 20.1 Å². The molecule has 1 saturated heterocycles. The molecule has 0 aromatic heterocycles. The highest BCUT2D eigenvalue weighted by Gasteiger charge is 2.20. The summed E-state index contributed by atoms with van der Waals surface area (Å²) >= 11 is 0. The Morgan fingerprint density at radius 1 is 1.60 bits per heavy atom. The second-order valence-corrected chi connectivity index (χ2v) is 3.21. The SMILES string of the molecule is CC(=O)[C@H]1CCCN(C)C1. The van der Waals surface area contributed by atoms with E-state index in [9.17, 15) is 4.79 Å². The fourth-order valence-electron chi connectivity index (χ4n) is 1.50. The normalized spacial score (nSPS) is 28.4. The molecule has 0 aliphatic carbocycles. The molecule has 2 nitrogen and oxygen atoms in total. The molecule has 2 heteroatoms. The van der Waals surface area contributed by atoms with Gasteiger partial charge in [-0.05, 0) is 33.4 Å². The summed E-state index contributed by atoms with van der Waals surface area (Å²) in [5, 5.41) is 0. The monoisotopic (exact) mass is 141 g/mol. The van der Waals surface area contributed by atoms with Gasteiger partial charge in [0.25, 0.3) is 0 Å². The van der Waals surface area contributed by atoms with E-state index in [1.54, 1.807) is 6.92 Å². The molecule has 0 spiro atoms. The van der Waals surface area contributed by atoms with E-state index in [0.29, 0.717) is 11.7 Å². The van der Waals surface area contributed by atoms with Crippen molar-refractivity contribution in [3.63, 3.8) is 0 Å². The zero-order chi connectivity index (χ0) is 7.56. The lowest BCUT2D eigenvalue weighted by Crippen LogP contribution is -2.35. The predicted molar refractivity (Wildman–Crippen MR) is 40.9 cm³/mol. The Hall–Kier alpha value is -0.370. The molecule has 1 rings (SSSR count). The smallest absolute Gasteiger partial charge is 0.134 e. The first-order valence-corrected chi connectivity index (χ1v) is 3.89. The molecular formula is C8H15NO. The van der Waals surface area contributed by atoms with E-state index in [1.807, 2.05) is 0 Å². The summed E-state index contributed by atoms with van der Waals surface area (Å²) < 4.78 is 0. The van der Waals surface area contributed by atoms with Gasteiger partial charge in [-0.3, -0.25) is 4.79 Å². The minimum atomic E-state index is 0.318. The fourth-order valence-corrected chi connectivity index (χ4v) is 1.50. The summed E-state index contributed by atoms with van der Waals surface area (Å²) in [6, 6.07) is 0. The Kier molecular flexibility index (Phi) is 2.44. The number of ketones is 1. The molecule has 0 aromatic carbocycles. The van der Waals surface area contributed by atoms with Crippen molar-refractivity contribution in [3.05, 3.63) is 0 Å². The fraction of sp³-hybridized carbons (Fsp3) is 0.875. The van der Waals surface area contributed by atoms with E-state index in [2.05, 4.69) is 11.9 Å². The lowest BCUT2D eigenvalue weighted by atomic mass is 9.95. The molecule has 0 radical (unpaired) electrons. The van der Waals surface area contributed by atoms with Gasteiger partial charge in [-0.2, -0.15) is 0 Å². The van der Waals surface area contributed by atoms with Crippen LogP contribution in [0.3, 0.4) is 0 Å². The van der Waals surface area contributed by atoms with Crippen LogP contribution in [-0.4, -0.2) is 30.8 Å². The summed E-state index contributed by atoms with van der Waals surface area (Å²) in [6.45, 7) is 3.82. The molecule has 1 fully saturated rings. The van der Waals surface area contributed by atoms with Gasteiger partial charge in [-0.25, -0.2) is 0 Å². The van der Waals surface area contributed by atoms with Gasteiger partial charge in [0.05, 0.1) is 0 Å². The van der Waals surface area contributed by atoms with Crippen molar-refractivity contribution < 1.29 is 4.79 Å². The summed E-state index contributed by atoms with van der Waals surface area (Å²) in [5.41, 5.74) is 0. The first-order chi connectivity index (χ1) is 4.70. The molecule has 0 amide bonds. The molecule has 10 heavy (non-hydrogen) atoms. The number of likely N-dealkylation sites (tertiary alicyclic amines) is 1. The zero-order valence-corrected chi connectivity index (χ0v) is 6.76. The summed E-state index contributed by atoms with van der Waals surface area (Å²) in [6.07, 6.45) is 2.28. The molecule has 0 saturated carbocycles. The van der Waals surface area contributed by atoms with Gasteiger partial charge in [0, 0.05) is 12.5 Å². The van der Waals surface area contributed by atoms with Crippen LogP contribution in [0, 0.1) is 5.92 Å². The maximum atomic E-state index is 10.9. The van der Waals surface area contributed by atoms with Gasteiger partial charge >= 0.3 is 0 Å². The Bertz CT molecular complexity index is 133. The third kappa shape index (κ3) is 1.81. The maximum Gasteiger partial charge on any atom is 0.134 e. The van der Waals surface area contributed by atoms with Crippen LogP contribution in [0.4, 0.5) is 0 Å². The number of hydrogen-bond donors (Lipinski definition) is 0. The Morgan fingerprint density at radius 3 is 2.70 bits per heavy atom. The number of nitrogens with zero attached hydrogens (tertiary/aromatic N) is 1. The van der Waals surface area contributed by atoms with Crippen LogP contribution >= 0.6 is 0 Å². The van der Waals surface area contributed by atoms with E-state index >= 15 is 0 Å². The van der Waals surface area contributed by atoms with E-state index < -0.39 is 0 Å². The molecule has 1 aliphatic heterocycles. The number of Topliss-reactive ketones (excluding diaryl/α,β-unsaturated/α-hetero) is 1. The molecule has 0 aromatic rings. The molecule has 0 bridgehead atoms. The van der Waals surface area contributed by atoms with E-state index in [-0.39, 0.29) is 0 Å². The van der Waals surface area contributed by atoms with Crippen LogP contribution in [0.5, 0.6) is 0 Å². The largest absolute Gasteiger partial charge is 0.306 e. The van der Waals surface area contributed by atoms with Gasteiger partial charge in [0.1, 0.15) is 5.78 Å². The quantitative estimate of drug-likeness (QED) is 0.541. The average Bonchev–Trinajstić information content (AvgIpc) is 1.88. The van der Waals surface area contributed by atoms with Crippen LogP contribution < -0.4 is 0 Å². The summed E-state index contributed by atoms with van der Waals surface area (Å²) in [5.74, 6) is 0.672. The van der Waals surface area contributed by atoms with Crippen molar-refractivity contribution in [1.29, 1.82) is 0 Å². The lowest BCUT2D eigenvalue weighted by Gasteiger charge is -2.27. The van der Waals surface area contributed by atoms with Crippen molar-refractivity contribution in [3.8, 4) is 0 Å². The van der Waals surface area contributed by atoms with Gasteiger partial charge in [-0.1, -0.05) is 0 Å². The van der Waals surface area contributed by atoms with Crippen molar-refractivity contribution in [2.45, 2.75) is 19.8 Å². The molecule has 1 aliphatic rings. The van der Waals surface area contributed by atoms with Gasteiger partial charge in [0.2, 0.25) is 0 Å². The Labute approximate surface area is 62.2 Å². The highest BCUT2D eigenvalue weighted by atomic mass is 16.1. The molecule has 0 unspecified atom stereocenters. The van der Waals surface area contributed by atoms with Crippen LogP contribution in [0.1, 0.15) is 19.8 Å². The van der Waals surface area contributed by atoms with Crippen molar-refractivity contribution >= 4 is 5.78 Å². The number of piperidine rings is 1. The third-order valence-electron chi connectivity index (χ3n) is 2.20. The number of hydrogen-bond acceptors (Lipinski definition) is 2. The molecule has 58 valence electrons. The summed E-state index contributed by atoms with van der Waals surface area (Å²) in [7, 11) is 2.08. The molecule has 1 heterocycles. The number of rotatable bonds is 1. The standard InChI is InChI=1S/C8H15NO/c1-7(10)8-4-3-5-9(2)6-8/h8H,3-6H2,1-2H3/t8-/m0/s1. The van der Waals surface area contributed by atoms with Gasteiger partial charge in [0.15, 0.2) is 0 Å². The topological polar surface area (TPSA) is 20.3 Å². The molecular weight excluding hydrogens is 126 g/mol. The first kappa shape index (κ1) is 7.73. The molecule has 0 N–H and O–H groups in total. The maximum absolute atomic E-state index is 10.9.